The van der Waals surface area contributed by atoms with Crippen molar-refractivity contribution in [3.8, 4) is 5.75 Å². The fourth-order valence-electron chi connectivity index (χ4n) is 1.89. The summed E-state index contributed by atoms with van der Waals surface area (Å²) in [5.74, 6) is 1.12. The van der Waals surface area contributed by atoms with Gasteiger partial charge in [-0.15, -0.1) is 10.2 Å². The maximum absolute atomic E-state index is 12.1. The second-order valence-corrected chi connectivity index (χ2v) is 6.80. The molecule has 1 amide bonds. The summed E-state index contributed by atoms with van der Waals surface area (Å²) >= 11 is 4.73. The van der Waals surface area contributed by atoms with E-state index in [-0.39, 0.29) is 18.3 Å². The zero-order chi connectivity index (χ0) is 16.9. The van der Waals surface area contributed by atoms with Crippen LogP contribution >= 0.6 is 27.3 Å². The Kier molecular flexibility index (Phi) is 5.27. The molecule has 0 aliphatic heterocycles. The van der Waals surface area contributed by atoms with E-state index in [1.807, 2.05) is 31.2 Å². The molecule has 6 nitrogen and oxygen atoms in total. The topological polar surface area (TPSA) is 77.2 Å². The number of amides is 1. The number of aryl methyl sites for hydroxylation is 1. The third kappa shape index (κ3) is 4.21. The Morgan fingerprint density at radius 1 is 1.33 bits per heavy atom. The molecule has 0 aliphatic rings. The van der Waals surface area contributed by atoms with Crippen molar-refractivity contribution < 1.29 is 13.9 Å². The van der Waals surface area contributed by atoms with Crippen LogP contribution in [0.4, 0.5) is 5.13 Å². The van der Waals surface area contributed by atoms with Gasteiger partial charge in [-0.2, -0.15) is 0 Å². The first-order valence-electron chi connectivity index (χ1n) is 7.25. The van der Waals surface area contributed by atoms with E-state index in [1.165, 1.54) is 11.3 Å². The molecule has 24 heavy (non-hydrogen) atoms. The molecule has 8 heteroatoms. The number of benzene rings is 1. The van der Waals surface area contributed by atoms with Crippen LogP contribution in [0.2, 0.25) is 0 Å². The van der Waals surface area contributed by atoms with Crippen molar-refractivity contribution in [3.05, 3.63) is 57.4 Å². The van der Waals surface area contributed by atoms with Crippen molar-refractivity contribution >= 4 is 38.3 Å². The smallest absolute Gasteiger partial charge is 0.293 e. The van der Waals surface area contributed by atoms with E-state index in [0.717, 1.165) is 15.9 Å². The molecule has 1 aromatic carbocycles. The van der Waals surface area contributed by atoms with Gasteiger partial charge in [-0.25, -0.2) is 0 Å². The van der Waals surface area contributed by atoms with Crippen molar-refractivity contribution in [1.82, 2.24) is 10.2 Å². The minimum absolute atomic E-state index is 0.205. The second-order valence-electron chi connectivity index (χ2n) is 4.82. The lowest BCUT2D eigenvalue weighted by molar-refractivity contribution is 0.0992. The first kappa shape index (κ1) is 16.7. The summed E-state index contributed by atoms with van der Waals surface area (Å²) < 4.78 is 12.1. The summed E-state index contributed by atoms with van der Waals surface area (Å²) in [6.07, 6.45) is 0.783. The summed E-state index contributed by atoms with van der Waals surface area (Å²) in [6, 6.07) is 10.8. The molecule has 124 valence electrons. The van der Waals surface area contributed by atoms with Crippen molar-refractivity contribution in [2.45, 2.75) is 20.0 Å². The number of nitrogens with zero attached hydrogens (tertiary/aromatic N) is 2. The van der Waals surface area contributed by atoms with Crippen LogP contribution in [0.3, 0.4) is 0 Å². The van der Waals surface area contributed by atoms with Crippen LogP contribution < -0.4 is 10.1 Å². The molecule has 0 spiro atoms. The fourth-order valence-corrected chi connectivity index (χ4v) is 2.95. The Labute approximate surface area is 151 Å². The van der Waals surface area contributed by atoms with Crippen LogP contribution in [0.15, 0.2) is 45.3 Å². The van der Waals surface area contributed by atoms with Gasteiger partial charge in [0.2, 0.25) is 5.13 Å². The summed E-state index contributed by atoms with van der Waals surface area (Å²) in [6.45, 7) is 2.22. The molecular weight excluding hydrogens is 394 g/mol. The molecule has 0 radical (unpaired) electrons. The SMILES string of the molecule is CCc1nnc(NC(=O)c2ccc(COc3cccc(Br)c3)o2)s1. The van der Waals surface area contributed by atoms with Crippen LogP contribution in [0.1, 0.15) is 28.2 Å². The first-order valence-corrected chi connectivity index (χ1v) is 8.86. The number of rotatable bonds is 6. The van der Waals surface area contributed by atoms with Crippen LogP contribution in [-0.4, -0.2) is 16.1 Å². The molecule has 3 aromatic rings. The van der Waals surface area contributed by atoms with Gasteiger partial charge in [0, 0.05) is 4.47 Å². The number of furan rings is 1. The van der Waals surface area contributed by atoms with Gasteiger partial charge in [-0.1, -0.05) is 40.3 Å². The van der Waals surface area contributed by atoms with E-state index < -0.39 is 0 Å². The van der Waals surface area contributed by atoms with Gasteiger partial charge in [0.25, 0.3) is 5.91 Å². The Hall–Kier alpha value is -2.19. The van der Waals surface area contributed by atoms with Gasteiger partial charge in [-0.3, -0.25) is 10.1 Å². The van der Waals surface area contributed by atoms with E-state index in [1.54, 1.807) is 12.1 Å². The molecule has 0 aliphatic carbocycles. The number of hydrogen-bond acceptors (Lipinski definition) is 6. The van der Waals surface area contributed by atoms with Crippen LogP contribution in [-0.2, 0) is 13.0 Å². The molecule has 0 atom stereocenters. The van der Waals surface area contributed by atoms with Crippen LogP contribution in [0, 0.1) is 0 Å². The number of aromatic nitrogens is 2. The Balaban J connectivity index is 1.59. The highest BCUT2D eigenvalue weighted by Crippen LogP contribution is 2.20. The average molecular weight is 408 g/mol. The molecule has 0 saturated carbocycles. The molecule has 1 N–H and O–H groups in total. The van der Waals surface area contributed by atoms with Gasteiger partial charge in [0.1, 0.15) is 23.1 Å². The summed E-state index contributed by atoms with van der Waals surface area (Å²) in [4.78, 5) is 12.1. The minimum Gasteiger partial charge on any atom is -0.486 e. The van der Waals surface area contributed by atoms with E-state index in [2.05, 4.69) is 31.4 Å². The lowest BCUT2D eigenvalue weighted by Gasteiger charge is -2.04. The molecule has 0 bridgehead atoms. The number of anilines is 1. The summed E-state index contributed by atoms with van der Waals surface area (Å²) in [7, 11) is 0. The standard InChI is InChI=1S/C16H14BrN3O3S/c1-2-14-19-20-16(24-14)18-15(21)13-7-6-12(23-13)9-22-11-5-3-4-10(17)8-11/h3-8H,2,9H2,1H3,(H,18,20,21). The van der Waals surface area contributed by atoms with Crippen LogP contribution in [0.5, 0.6) is 5.75 Å². The number of hydrogen-bond donors (Lipinski definition) is 1. The highest BCUT2D eigenvalue weighted by molar-refractivity contribution is 9.10. The number of ether oxygens (including phenoxy) is 1. The lowest BCUT2D eigenvalue weighted by atomic mass is 10.3. The Morgan fingerprint density at radius 2 is 2.21 bits per heavy atom. The van der Waals surface area contributed by atoms with Crippen molar-refractivity contribution in [1.29, 1.82) is 0 Å². The van der Waals surface area contributed by atoms with Gasteiger partial charge in [0.15, 0.2) is 5.76 Å². The van der Waals surface area contributed by atoms with E-state index >= 15 is 0 Å². The zero-order valence-corrected chi connectivity index (χ0v) is 15.2. The molecule has 2 aromatic heterocycles. The summed E-state index contributed by atoms with van der Waals surface area (Å²) in [5, 5.41) is 11.9. The van der Waals surface area contributed by atoms with Crippen molar-refractivity contribution in [3.63, 3.8) is 0 Å². The maximum atomic E-state index is 12.1. The number of carbonyl (C=O) groups excluding carboxylic acids is 1. The predicted molar refractivity (Wildman–Crippen MR) is 94.4 cm³/mol. The largest absolute Gasteiger partial charge is 0.486 e. The number of carbonyl (C=O) groups is 1. The molecule has 0 saturated heterocycles. The second kappa shape index (κ2) is 7.59. The minimum atomic E-state index is -0.359. The number of halogens is 1. The molecular formula is C16H14BrN3O3S. The quantitative estimate of drug-likeness (QED) is 0.659. The first-order chi connectivity index (χ1) is 11.6. The van der Waals surface area contributed by atoms with Gasteiger partial charge in [0.05, 0.1) is 0 Å². The fraction of sp³-hybridized carbons (Fsp3) is 0.188. The predicted octanol–water partition coefficient (Wildman–Crippen LogP) is 4.29. The van der Waals surface area contributed by atoms with Crippen molar-refractivity contribution in [2.75, 3.05) is 5.32 Å². The average Bonchev–Trinajstić information content (AvgIpc) is 3.22. The van der Waals surface area contributed by atoms with Gasteiger partial charge < -0.3 is 9.15 Å². The normalized spacial score (nSPS) is 10.6. The monoisotopic (exact) mass is 407 g/mol. The zero-order valence-electron chi connectivity index (χ0n) is 12.8. The van der Waals surface area contributed by atoms with Gasteiger partial charge in [-0.05, 0) is 36.8 Å². The van der Waals surface area contributed by atoms with E-state index in [4.69, 9.17) is 9.15 Å². The van der Waals surface area contributed by atoms with Gasteiger partial charge >= 0.3 is 0 Å². The highest BCUT2D eigenvalue weighted by atomic mass is 79.9. The molecule has 0 fully saturated rings. The Bertz CT molecular complexity index is 846. The molecule has 3 rings (SSSR count). The van der Waals surface area contributed by atoms with Crippen molar-refractivity contribution in [2.24, 2.45) is 0 Å². The molecule has 2 heterocycles. The third-order valence-corrected chi connectivity index (χ3v) is 4.53. The summed E-state index contributed by atoms with van der Waals surface area (Å²) in [5.41, 5.74) is 0. The highest BCUT2D eigenvalue weighted by Gasteiger charge is 2.14. The number of nitrogens with one attached hydrogen (secondary N) is 1. The third-order valence-electron chi connectivity index (χ3n) is 3.05. The van der Waals surface area contributed by atoms with Crippen LogP contribution in [0.25, 0.3) is 0 Å². The molecule has 0 unspecified atom stereocenters. The van der Waals surface area contributed by atoms with E-state index in [9.17, 15) is 4.79 Å². The van der Waals surface area contributed by atoms with E-state index in [0.29, 0.717) is 16.6 Å². The lowest BCUT2D eigenvalue weighted by Crippen LogP contribution is -2.10. The Morgan fingerprint density at radius 3 is 2.96 bits per heavy atom. The maximum Gasteiger partial charge on any atom is 0.293 e.